The molecule has 2 aliphatic rings. The molecular formula is C19H24F3N5O2S. The van der Waals surface area contributed by atoms with E-state index in [-0.39, 0.29) is 30.1 Å². The van der Waals surface area contributed by atoms with E-state index >= 15 is 0 Å². The van der Waals surface area contributed by atoms with Crippen molar-refractivity contribution in [1.82, 2.24) is 19.7 Å². The third-order valence-corrected chi connectivity index (χ3v) is 7.73. The lowest BCUT2D eigenvalue weighted by atomic mass is 9.85. The highest BCUT2D eigenvalue weighted by Crippen LogP contribution is 2.41. The number of rotatable bonds is 5. The van der Waals surface area contributed by atoms with Crippen LogP contribution in [0.4, 0.5) is 19.1 Å². The van der Waals surface area contributed by atoms with E-state index in [0.29, 0.717) is 37.4 Å². The molecule has 0 spiro atoms. The molecule has 7 nitrogen and oxygen atoms in total. The van der Waals surface area contributed by atoms with E-state index in [0.717, 1.165) is 11.0 Å². The Morgan fingerprint density at radius 2 is 1.83 bits per heavy atom. The Hall–Kier alpha value is -2.14. The van der Waals surface area contributed by atoms with E-state index in [1.54, 1.807) is 30.3 Å². The third kappa shape index (κ3) is 4.46. The highest BCUT2D eigenvalue weighted by atomic mass is 32.2. The fourth-order valence-corrected chi connectivity index (χ4v) is 5.61. The Morgan fingerprint density at radius 1 is 1.13 bits per heavy atom. The van der Waals surface area contributed by atoms with Gasteiger partial charge in [0.25, 0.3) is 0 Å². The predicted octanol–water partition coefficient (Wildman–Crippen LogP) is 2.75. The van der Waals surface area contributed by atoms with Gasteiger partial charge in [-0.25, -0.2) is 13.1 Å². The molecule has 0 saturated carbocycles. The normalized spacial score (nSPS) is 23.7. The Morgan fingerprint density at radius 3 is 2.50 bits per heavy atom. The minimum atomic E-state index is -4.38. The summed E-state index contributed by atoms with van der Waals surface area (Å²) in [5.41, 5.74) is 0. The Labute approximate surface area is 173 Å². The number of hydrogen-bond acceptors (Lipinski definition) is 6. The summed E-state index contributed by atoms with van der Waals surface area (Å²) in [6, 6.07) is 6.35. The summed E-state index contributed by atoms with van der Waals surface area (Å²) in [6.07, 6.45) is -1.90. The number of alkyl halides is 3. The summed E-state index contributed by atoms with van der Waals surface area (Å²) in [6.45, 7) is 1.74. The molecule has 1 saturated heterocycles. The molecule has 0 radical (unpaired) electrons. The van der Waals surface area contributed by atoms with E-state index in [4.69, 9.17) is 0 Å². The summed E-state index contributed by atoms with van der Waals surface area (Å²) in [5.74, 6) is 0.259. The second kappa shape index (κ2) is 8.18. The minimum absolute atomic E-state index is 0.0304. The number of fused-ring (bicyclic) bond motifs is 1. The highest BCUT2D eigenvalue weighted by molar-refractivity contribution is 7.91. The van der Waals surface area contributed by atoms with Crippen molar-refractivity contribution in [3.63, 3.8) is 0 Å². The number of nitrogens with one attached hydrogen (secondary N) is 1. The van der Waals surface area contributed by atoms with Crippen LogP contribution in [0.1, 0.15) is 25.3 Å². The fourth-order valence-electron chi connectivity index (χ4n) is 4.30. The van der Waals surface area contributed by atoms with Crippen molar-refractivity contribution in [2.75, 3.05) is 30.7 Å². The Bertz CT molecular complexity index is 956. The van der Waals surface area contributed by atoms with Crippen LogP contribution in [0.15, 0.2) is 41.6 Å². The molecule has 4 rings (SSSR count). The largest absolute Gasteiger partial charge is 0.411 e. The van der Waals surface area contributed by atoms with E-state index < -0.39 is 22.1 Å². The monoisotopic (exact) mass is 443 g/mol. The first-order valence-electron chi connectivity index (χ1n) is 9.97. The quantitative estimate of drug-likeness (QED) is 0.766. The smallest absolute Gasteiger partial charge is 0.351 e. The topological polar surface area (TPSA) is 80.1 Å². The zero-order valence-electron chi connectivity index (χ0n) is 16.3. The minimum Gasteiger partial charge on any atom is -0.351 e. The average Bonchev–Trinajstić information content (AvgIpc) is 3.20. The maximum absolute atomic E-state index is 13.5. The molecule has 3 heterocycles. The lowest BCUT2D eigenvalue weighted by Crippen LogP contribution is -2.46. The zero-order chi connectivity index (χ0) is 21.4. The van der Waals surface area contributed by atoms with Gasteiger partial charge in [-0.15, -0.1) is 0 Å². The Kier molecular flexibility index (Phi) is 5.75. The number of benzene rings is 1. The molecule has 30 heavy (non-hydrogen) atoms. The molecule has 1 fully saturated rings. The van der Waals surface area contributed by atoms with Crippen molar-refractivity contribution < 1.29 is 21.6 Å². The fraction of sp³-hybridized carbons (Fsp3) is 0.579. The molecule has 1 aromatic carbocycles. The number of piperidine rings is 1. The van der Waals surface area contributed by atoms with Crippen LogP contribution in [0.25, 0.3) is 0 Å². The number of hydrogen-bond donors (Lipinski definition) is 1. The highest BCUT2D eigenvalue weighted by Gasteiger charge is 2.47. The van der Waals surface area contributed by atoms with Gasteiger partial charge in [0.15, 0.2) is 15.9 Å². The molecular weight excluding hydrogens is 419 g/mol. The zero-order valence-corrected chi connectivity index (χ0v) is 17.1. The van der Waals surface area contributed by atoms with Crippen molar-refractivity contribution in [3.05, 3.63) is 36.7 Å². The lowest BCUT2D eigenvalue weighted by molar-refractivity contribution is -0.174. The molecule has 2 atom stereocenters. The van der Waals surface area contributed by atoms with Crippen LogP contribution in [0.5, 0.6) is 0 Å². The number of anilines is 1. The van der Waals surface area contributed by atoms with Gasteiger partial charge in [0.2, 0.25) is 5.95 Å². The van der Waals surface area contributed by atoms with Gasteiger partial charge >= 0.3 is 6.18 Å². The standard InChI is InChI=1S/C19H24F3N5O2S/c20-19(21,22)17-12-16(25-18-23-13-24-27(17)18)14-6-8-26(9-7-14)10-11-30(28,29)15-4-2-1-3-5-15/h1-5,13-14,16-17H,6-12H2,(H,23,24,25)/t16-,17+/m0/s1. The summed E-state index contributed by atoms with van der Waals surface area (Å²) < 4.78 is 66.2. The van der Waals surface area contributed by atoms with Crippen molar-refractivity contribution in [3.8, 4) is 0 Å². The van der Waals surface area contributed by atoms with Gasteiger partial charge < -0.3 is 10.2 Å². The number of sulfone groups is 1. The van der Waals surface area contributed by atoms with Gasteiger partial charge in [-0.05, 0) is 50.4 Å². The second-order valence-electron chi connectivity index (χ2n) is 7.88. The molecule has 0 bridgehead atoms. The number of aromatic nitrogens is 3. The van der Waals surface area contributed by atoms with Gasteiger partial charge in [0, 0.05) is 12.6 Å². The summed E-state index contributed by atoms with van der Waals surface area (Å²) >= 11 is 0. The maximum Gasteiger partial charge on any atom is 0.411 e. The van der Waals surface area contributed by atoms with Gasteiger partial charge in [0.1, 0.15) is 6.33 Å². The van der Waals surface area contributed by atoms with Crippen LogP contribution in [-0.2, 0) is 9.84 Å². The first-order chi connectivity index (χ1) is 14.2. The van der Waals surface area contributed by atoms with Crippen molar-refractivity contribution in [1.29, 1.82) is 0 Å². The van der Waals surface area contributed by atoms with E-state index in [2.05, 4.69) is 20.3 Å². The number of likely N-dealkylation sites (tertiary alicyclic amines) is 1. The lowest BCUT2D eigenvalue weighted by Gasteiger charge is -2.40. The molecule has 1 aromatic heterocycles. The molecule has 2 aromatic rings. The average molecular weight is 443 g/mol. The molecule has 0 unspecified atom stereocenters. The SMILES string of the molecule is O=S(=O)(CCN1CCC([C@@H]2C[C@H](C(F)(F)F)n3ncnc3N2)CC1)c1ccccc1. The van der Waals surface area contributed by atoms with Crippen molar-refractivity contribution in [2.45, 2.75) is 42.4 Å². The third-order valence-electron chi connectivity index (χ3n) is 6.02. The number of halogens is 3. The molecule has 11 heteroatoms. The van der Waals surface area contributed by atoms with Crippen LogP contribution in [-0.4, -0.2) is 65.7 Å². The molecule has 164 valence electrons. The van der Waals surface area contributed by atoms with Crippen LogP contribution in [0, 0.1) is 5.92 Å². The van der Waals surface area contributed by atoms with Gasteiger partial charge in [-0.1, -0.05) is 18.2 Å². The number of nitrogens with zero attached hydrogens (tertiary/aromatic N) is 4. The molecule has 2 aliphatic heterocycles. The summed E-state index contributed by atoms with van der Waals surface area (Å²) in [5, 5.41) is 6.84. The van der Waals surface area contributed by atoms with Gasteiger partial charge in [-0.3, -0.25) is 0 Å². The first kappa shape index (κ1) is 21.1. The summed E-state index contributed by atoms with van der Waals surface area (Å²) in [4.78, 5) is 6.32. The first-order valence-corrected chi connectivity index (χ1v) is 11.6. The van der Waals surface area contributed by atoms with E-state index in [1.807, 2.05) is 0 Å². The Balaban J connectivity index is 1.33. The van der Waals surface area contributed by atoms with Crippen molar-refractivity contribution in [2.24, 2.45) is 5.92 Å². The summed E-state index contributed by atoms with van der Waals surface area (Å²) in [7, 11) is -3.34. The van der Waals surface area contributed by atoms with E-state index in [1.165, 1.54) is 0 Å². The molecule has 1 N–H and O–H groups in total. The van der Waals surface area contributed by atoms with Crippen LogP contribution in [0.2, 0.25) is 0 Å². The predicted molar refractivity (Wildman–Crippen MR) is 105 cm³/mol. The molecule has 0 aliphatic carbocycles. The van der Waals surface area contributed by atoms with Gasteiger partial charge in [-0.2, -0.15) is 23.3 Å². The van der Waals surface area contributed by atoms with Crippen LogP contribution < -0.4 is 5.32 Å². The molecule has 0 amide bonds. The van der Waals surface area contributed by atoms with Crippen molar-refractivity contribution >= 4 is 15.8 Å². The second-order valence-corrected chi connectivity index (χ2v) is 9.99. The van der Waals surface area contributed by atoms with E-state index in [9.17, 15) is 21.6 Å². The maximum atomic E-state index is 13.5. The van der Waals surface area contributed by atoms with Crippen LogP contribution in [0.3, 0.4) is 0 Å². The van der Waals surface area contributed by atoms with Crippen LogP contribution >= 0.6 is 0 Å². The van der Waals surface area contributed by atoms with Gasteiger partial charge in [0.05, 0.1) is 10.6 Å².